The lowest BCUT2D eigenvalue weighted by Crippen LogP contribution is -2.19. The van der Waals surface area contributed by atoms with Crippen LogP contribution in [0, 0.1) is 6.92 Å². The van der Waals surface area contributed by atoms with Crippen LogP contribution in [0.15, 0.2) is 24.3 Å². The summed E-state index contributed by atoms with van der Waals surface area (Å²) >= 11 is 0. The van der Waals surface area contributed by atoms with Gasteiger partial charge in [-0.25, -0.2) is 0 Å². The third-order valence-electron chi connectivity index (χ3n) is 2.37. The van der Waals surface area contributed by atoms with Crippen LogP contribution in [0.1, 0.15) is 23.6 Å². The Bertz CT molecular complexity index is 464. The Hall–Kier alpha value is -1.78. The van der Waals surface area contributed by atoms with Gasteiger partial charge in [0.2, 0.25) is 5.91 Å². The monoisotopic (exact) mass is 257 g/mol. The molecule has 0 aromatic heterocycles. The number of carbonyl (C=O) groups excluding carboxylic acids is 1. The highest BCUT2D eigenvalue weighted by Crippen LogP contribution is 2.30. The van der Waals surface area contributed by atoms with Crippen LogP contribution < -0.4 is 5.32 Å². The quantitative estimate of drug-likeness (QED) is 0.885. The van der Waals surface area contributed by atoms with Gasteiger partial charge >= 0.3 is 6.18 Å². The summed E-state index contributed by atoms with van der Waals surface area (Å²) in [5.74, 6) is -0.180. The molecule has 1 amide bonds. The molecule has 1 aromatic carbocycles. The Kier molecular flexibility index (Phi) is 4.53. The van der Waals surface area contributed by atoms with Gasteiger partial charge in [0.15, 0.2) is 0 Å². The van der Waals surface area contributed by atoms with Gasteiger partial charge in [-0.15, -0.1) is 0 Å². The number of benzene rings is 1. The fraction of sp³-hybridized carbons (Fsp3) is 0.308. The average Bonchev–Trinajstić information content (AvgIpc) is 2.24. The van der Waals surface area contributed by atoms with E-state index in [0.29, 0.717) is 12.1 Å². The topological polar surface area (TPSA) is 29.1 Å². The van der Waals surface area contributed by atoms with Crippen molar-refractivity contribution < 1.29 is 18.0 Å². The summed E-state index contributed by atoms with van der Waals surface area (Å²) < 4.78 is 37.5. The van der Waals surface area contributed by atoms with E-state index in [9.17, 15) is 18.0 Å². The van der Waals surface area contributed by atoms with Crippen molar-refractivity contribution in [2.24, 2.45) is 0 Å². The van der Waals surface area contributed by atoms with E-state index in [2.05, 4.69) is 5.32 Å². The summed E-state index contributed by atoms with van der Waals surface area (Å²) in [5.41, 5.74) is 0.574. The van der Waals surface area contributed by atoms with Gasteiger partial charge < -0.3 is 5.32 Å². The molecule has 0 heterocycles. The van der Waals surface area contributed by atoms with Gasteiger partial charge in [-0.2, -0.15) is 13.2 Å². The largest absolute Gasteiger partial charge is 0.416 e. The zero-order valence-electron chi connectivity index (χ0n) is 10.1. The number of halogens is 3. The van der Waals surface area contributed by atoms with Gasteiger partial charge in [0, 0.05) is 13.5 Å². The normalized spacial score (nSPS) is 11.8. The van der Waals surface area contributed by atoms with E-state index in [0.717, 1.165) is 17.7 Å². The van der Waals surface area contributed by atoms with E-state index in [-0.39, 0.29) is 5.91 Å². The number of nitrogens with one attached hydrogen (secondary N) is 1. The van der Waals surface area contributed by atoms with Crippen molar-refractivity contribution in [2.45, 2.75) is 20.0 Å². The maximum absolute atomic E-state index is 12.5. The molecule has 0 aliphatic rings. The van der Waals surface area contributed by atoms with Crippen LogP contribution in [0.25, 0.3) is 6.08 Å². The Balaban J connectivity index is 2.85. The number of carbonyl (C=O) groups is 1. The standard InChI is InChI=1S/C13H14F3NO/c1-9-5-6-12(13(14,15)16)8-11(9)4-3-7-17-10(2)18/h3-6,8H,7H2,1-2H3,(H,17,18). The lowest BCUT2D eigenvalue weighted by Gasteiger charge is -2.09. The number of hydrogen-bond donors (Lipinski definition) is 1. The molecule has 0 fully saturated rings. The van der Waals surface area contributed by atoms with Crippen LogP contribution in [-0.2, 0) is 11.0 Å². The lowest BCUT2D eigenvalue weighted by molar-refractivity contribution is -0.137. The van der Waals surface area contributed by atoms with Gasteiger partial charge in [0.05, 0.1) is 5.56 Å². The maximum Gasteiger partial charge on any atom is 0.416 e. The van der Waals surface area contributed by atoms with Gasteiger partial charge in [-0.3, -0.25) is 4.79 Å². The van der Waals surface area contributed by atoms with Crippen molar-refractivity contribution in [1.29, 1.82) is 0 Å². The number of hydrogen-bond acceptors (Lipinski definition) is 1. The van der Waals surface area contributed by atoms with Gasteiger partial charge in [0.1, 0.15) is 0 Å². The molecule has 0 aliphatic carbocycles. The third kappa shape index (κ3) is 4.24. The minimum atomic E-state index is -4.34. The minimum absolute atomic E-state index is 0.180. The molecule has 1 aromatic rings. The third-order valence-corrected chi connectivity index (χ3v) is 2.37. The van der Waals surface area contributed by atoms with Crippen molar-refractivity contribution in [3.05, 3.63) is 41.0 Å². The average molecular weight is 257 g/mol. The van der Waals surface area contributed by atoms with Crippen LogP contribution in [0.5, 0.6) is 0 Å². The summed E-state index contributed by atoms with van der Waals surface area (Å²) in [6.07, 6.45) is -1.15. The van der Waals surface area contributed by atoms with Crippen LogP contribution >= 0.6 is 0 Å². The predicted octanol–water partition coefficient (Wildman–Crippen LogP) is 3.16. The first kappa shape index (κ1) is 14.3. The molecule has 0 unspecified atom stereocenters. The van der Waals surface area contributed by atoms with E-state index < -0.39 is 11.7 Å². The molecule has 5 heteroatoms. The van der Waals surface area contributed by atoms with E-state index in [1.165, 1.54) is 13.0 Å². The summed E-state index contributed by atoms with van der Waals surface area (Å²) in [4.78, 5) is 10.6. The van der Waals surface area contributed by atoms with Gasteiger partial charge in [-0.1, -0.05) is 18.2 Å². The molecule has 0 bridgehead atoms. The first-order valence-electron chi connectivity index (χ1n) is 5.39. The first-order valence-corrected chi connectivity index (χ1v) is 5.39. The number of rotatable bonds is 3. The summed E-state index contributed by atoms with van der Waals surface area (Å²) in [6.45, 7) is 3.41. The highest BCUT2D eigenvalue weighted by molar-refractivity contribution is 5.73. The summed E-state index contributed by atoms with van der Waals surface area (Å²) in [7, 11) is 0. The molecular formula is C13H14F3NO. The van der Waals surface area contributed by atoms with E-state index in [4.69, 9.17) is 0 Å². The SMILES string of the molecule is CC(=O)NCC=Cc1cc(C(F)(F)F)ccc1C. The Morgan fingerprint density at radius 3 is 2.61 bits per heavy atom. The second kappa shape index (κ2) is 5.71. The molecule has 18 heavy (non-hydrogen) atoms. The highest BCUT2D eigenvalue weighted by atomic mass is 19.4. The van der Waals surface area contributed by atoms with E-state index in [1.807, 2.05) is 0 Å². The minimum Gasteiger partial charge on any atom is -0.353 e. The molecular weight excluding hydrogens is 243 g/mol. The highest BCUT2D eigenvalue weighted by Gasteiger charge is 2.30. The molecule has 0 radical (unpaired) electrons. The van der Waals surface area contributed by atoms with Crippen molar-refractivity contribution in [3.63, 3.8) is 0 Å². The van der Waals surface area contributed by atoms with Gasteiger partial charge in [0.25, 0.3) is 0 Å². The number of amides is 1. The van der Waals surface area contributed by atoms with Crippen molar-refractivity contribution >= 4 is 12.0 Å². The van der Waals surface area contributed by atoms with E-state index in [1.54, 1.807) is 19.1 Å². The zero-order valence-corrected chi connectivity index (χ0v) is 10.1. The second-order valence-corrected chi connectivity index (χ2v) is 3.91. The second-order valence-electron chi connectivity index (χ2n) is 3.91. The number of alkyl halides is 3. The maximum atomic E-state index is 12.5. The summed E-state index contributed by atoms with van der Waals surface area (Å²) in [6, 6.07) is 3.58. The molecule has 0 spiro atoms. The molecule has 1 rings (SSSR count). The first-order chi connectivity index (χ1) is 8.30. The molecule has 98 valence electrons. The van der Waals surface area contributed by atoms with Crippen LogP contribution in [-0.4, -0.2) is 12.5 Å². The molecule has 0 saturated carbocycles. The van der Waals surface area contributed by atoms with Crippen LogP contribution in [0.4, 0.5) is 13.2 Å². The smallest absolute Gasteiger partial charge is 0.353 e. The van der Waals surface area contributed by atoms with Gasteiger partial charge in [-0.05, 0) is 30.2 Å². The molecule has 0 aliphatic heterocycles. The Morgan fingerprint density at radius 2 is 2.06 bits per heavy atom. The molecule has 0 saturated heterocycles. The van der Waals surface area contributed by atoms with Crippen molar-refractivity contribution in [3.8, 4) is 0 Å². The van der Waals surface area contributed by atoms with Crippen molar-refractivity contribution in [2.75, 3.05) is 6.54 Å². The van der Waals surface area contributed by atoms with Crippen LogP contribution in [0.3, 0.4) is 0 Å². The Labute approximate surface area is 104 Å². The molecule has 0 atom stereocenters. The van der Waals surface area contributed by atoms with E-state index >= 15 is 0 Å². The number of aryl methyl sites for hydroxylation is 1. The molecule has 2 nitrogen and oxygen atoms in total. The lowest BCUT2D eigenvalue weighted by atomic mass is 10.0. The molecule has 1 N–H and O–H groups in total. The summed E-state index contributed by atoms with van der Waals surface area (Å²) in [5, 5.41) is 2.53. The zero-order chi connectivity index (χ0) is 13.8. The van der Waals surface area contributed by atoms with Crippen molar-refractivity contribution in [1.82, 2.24) is 5.32 Å². The Morgan fingerprint density at radius 1 is 1.39 bits per heavy atom. The fourth-order valence-corrected chi connectivity index (χ4v) is 1.38. The van der Waals surface area contributed by atoms with Crippen LogP contribution in [0.2, 0.25) is 0 Å². The predicted molar refractivity (Wildman–Crippen MR) is 63.9 cm³/mol. The fourth-order valence-electron chi connectivity index (χ4n) is 1.38.